The van der Waals surface area contributed by atoms with E-state index in [1.165, 1.54) is 32.1 Å². The van der Waals surface area contributed by atoms with Gasteiger partial charge in [-0.25, -0.2) is 0 Å². The summed E-state index contributed by atoms with van der Waals surface area (Å²) in [5.41, 5.74) is 0. The Balaban J connectivity index is 1.87. The summed E-state index contributed by atoms with van der Waals surface area (Å²) in [7, 11) is 0. The molecule has 0 aromatic rings. The number of hydrogen-bond donors (Lipinski definition) is 0. The standard InChI is InChI=1S/C11H21BrO/c1-2-10(8-12)9-13-7-6-11-4-3-5-11/h10-11H,2-9H2,1H3. The molecule has 1 saturated carbocycles. The minimum Gasteiger partial charge on any atom is -0.381 e. The van der Waals surface area contributed by atoms with Gasteiger partial charge in [-0.3, -0.25) is 0 Å². The lowest BCUT2D eigenvalue weighted by molar-refractivity contribution is 0.0838. The van der Waals surface area contributed by atoms with Crippen molar-refractivity contribution < 1.29 is 4.74 Å². The third kappa shape index (κ3) is 4.46. The van der Waals surface area contributed by atoms with Gasteiger partial charge in [0.2, 0.25) is 0 Å². The summed E-state index contributed by atoms with van der Waals surface area (Å²) in [4.78, 5) is 0. The van der Waals surface area contributed by atoms with E-state index in [-0.39, 0.29) is 0 Å². The maximum Gasteiger partial charge on any atom is 0.0502 e. The molecule has 1 aliphatic carbocycles. The van der Waals surface area contributed by atoms with E-state index in [2.05, 4.69) is 22.9 Å². The molecule has 0 bridgehead atoms. The molecule has 1 atom stereocenters. The Morgan fingerprint density at radius 1 is 1.46 bits per heavy atom. The molecular formula is C11H21BrO. The maximum absolute atomic E-state index is 5.65. The molecule has 0 saturated heterocycles. The number of rotatable bonds is 7. The van der Waals surface area contributed by atoms with Crippen molar-refractivity contribution in [1.29, 1.82) is 0 Å². The molecular weight excluding hydrogens is 228 g/mol. The van der Waals surface area contributed by atoms with Gasteiger partial charge in [0.05, 0.1) is 6.61 Å². The van der Waals surface area contributed by atoms with E-state index in [1.54, 1.807) is 0 Å². The number of alkyl halides is 1. The number of ether oxygens (including phenoxy) is 1. The van der Waals surface area contributed by atoms with Gasteiger partial charge < -0.3 is 4.74 Å². The molecule has 1 unspecified atom stereocenters. The van der Waals surface area contributed by atoms with Crippen LogP contribution >= 0.6 is 15.9 Å². The summed E-state index contributed by atoms with van der Waals surface area (Å²) in [6.45, 7) is 4.14. The van der Waals surface area contributed by atoms with Gasteiger partial charge in [-0.2, -0.15) is 0 Å². The second kappa shape index (κ2) is 6.83. The lowest BCUT2D eigenvalue weighted by Crippen LogP contribution is -2.16. The van der Waals surface area contributed by atoms with Crippen molar-refractivity contribution >= 4 is 15.9 Å². The van der Waals surface area contributed by atoms with E-state index in [4.69, 9.17) is 4.74 Å². The second-order valence-corrected chi connectivity index (χ2v) is 4.74. The van der Waals surface area contributed by atoms with E-state index in [1.807, 2.05) is 0 Å². The van der Waals surface area contributed by atoms with Crippen LogP contribution in [0, 0.1) is 11.8 Å². The zero-order valence-corrected chi connectivity index (χ0v) is 10.2. The van der Waals surface area contributed by atoms with Crippen LogP contribution in [0.1, 0.15) is 39.0 Å². The highest BCUT2D eigenvalue weighted by Crippen LogP contribution is 2.29. The van der Waals surface area contributed by atoms with Crippen LogP contribution in [-0.4, -0.2) is 18.5 Å². The Hall–Kier alpha value is 0.440. The molecule has 0 radical (unpaired) electrons. The molecule has 1 rings (SSSR count). The average Bonchev–Trinajstić information content (AvgIpc) is 2.08. The Morgan fingerprint density at radius 2 is 2.23 bits per heavy atom. The Bertz CT molecular complexity index is 119. The zero-order valence-electron chi connectivity index (χ0n) is 8.60. The fourth-order valence-electron chi connectivity index (χ4n) is 1.55. The summed E-state index contributed by atoms with van der Waals surface area (Å²) >= 11 is 3.50. The molecule has 13 heavy (non-hydrogen) atoms. The smallest absolute Gasteiger partial charge is 0.0502 e. The van der Waals surface area contributed by atoms with Crippen molar-refractivity contribution in [2.45, 2.75) is 39.0 Å². The van der Waals surface area contributed by atoms with Crippen LogP contribution in [0.4, 0.5) is 0 Å². The predicted octanol–water partition coefficient (Wildman–Crippen LogP) is 3.61. The van der Waals surface area contributed by atoms with Crippen LogP contribution in [0.25, 0.3) is 0 Å². The normalized spacial score (nSPS) is 19.8. The minimum absolute atomic E-state index is 0.710. The predicted molar refractivity (Wildman–Crippen MR) is 60.4 cm³/mol. The quantitative estimate of drug-likeness (QED) is 0.494. The summed E-state index contributed by atoms with van der Waals surface area (Å²) in [5, 5.41) is 1.08. The van der Waals surface area contributed by atoms with Crippen LogP contribution in [0.5, 0.6) is 0 Å². The highest BCUT2D eigenvalue weighted by atomic mass is 79.9. The summed E-state index contributed by atoms with van der Waals surface area (Å²) in [6.07, 6.45) is 6.84. The SMILES string of the molecule is CCC(CBr)COCCC1CCC1. The minimum atomic E-state index is 0.710. The fourth-order valence-corrected chi connectivity index (χ4v) is 2.20. The first kappa shape index (κ1) is 11.5. The molecule has 0 aromatic carbocycles. The van der Waals surface area contributed by atoms with Gasteiger partial charge >= 0.3 is 0 Å². The van der Waals surface area contributed by atoms with Gasteiger partial charge in [-0.1, -0.05) is 48.5 Å². The first-order valence-corrected chi connectivity index (χ1v) is 6.62. The van der Waals surface area contributed by atoms with Crippen molar-refractivity contribution in [2.75, 3.05) is 18.5 Å². The van der Waals surface area contributed by atoms with Crippen LogP contribution in [0.3, 0.4) is 0 Å². The monoisotopic (exact) mass is 248 g/mol. The fraction of sp³-hybridized carbons (Fsp3) is 1.00. The van der Waals surface area contributed by atoms with Gasteiger partial charge in [0.15, 0.2) is 0 Å². The molecule has 1 aliphatic rings. The maximum atomic E-state index is 5.65. The second-order valence-electron chi connectivity index (χ2n) is 4.09. The van der Waals surface area contributed by atoms with Crippen molar-refractivity contribution in [3.63, 3.8) is 0 Å². The zero-order chi connectivity index (χ0) is 9.52. The third-order valence-electron chi connectivity index (χ3n) is 3.04. The van der Waals surface area contributed by atoms with Crippen molar-refractivity contribution in [2.24, 2.45) is 11.8 Å². The van der Waals surface area contributed by atoms with Crippen LogP contribution < -0.4 is 0 Å². The molecule has 0 heterocycles. The lowest BCUT2D eigenvalue weighted by Gasteiger charge is -2.25. The molecule has 0 aromatic heterocycles. The van der Waals surface area contributed by atoms with Crippen molar-refractivity contribution in [3.8, 4) is 0 Å². The average molecular weight is 249 g/mol. The molecule has 78 valence electrons. The molecule has 0 N–H and O–H groups in total. The number of halogens is 1. The van der Waals surface area contributed by atoms with Gasteiger partial charge in [0.25, 0.3) is 0 Å². The first-order valence-electron chi connectivity index (χ1n) is 5.50. The van der Waals surface area contributed by atoms with Crippen LogP contribution in [-0.2, 0) is 4.74 Å². The van der Waals surface area contributed by atoms with Gasteiger partial charge in [0, 0.05) is 11.9 Å². The lowest BCUT2D eigenvalue weighted by atomic mass is 9.83. The number of hydrogen-bond acceptors (Lipinski definition) is 1. The summed E-state index contributed by atoms with van der Waals surface area (Å²) < 4.78 is 5.65. The molecule has 0 aliphatic heterocycles. The molecule has 0 spiro atoms. The van der Waals surface area contributed by atoms with E-state index >= 15 is 0 Å². The van der Waals surface area contributed by atoms with Gasteiger partial charge in [0.1, 0.15) is 0 Å². The van der Waals surface area contributed by atoms with Gasteiger partial charge in [-0.05, 0) is 18.3 Å². The largest absolute Gasteiger partial charge is 0.381 e. The topological polar surface area (TPSA) is 9.23 Å². The van der Waals surface area contributed by atoms with E-state index in [0.717, 1.165) is 24.5 Å². The van der Waals surface area contributed by atoms with E-state index in [9.17, 15) is 0 Å². The highest BCUT2D eigenvalue weighted by Gasteiger charge is 2.16. The Morgan fingerprint density at radius 3 is 2.69 bits per heavy atom. The molecule has 2 heteroatoms. The first-order chi connectivity index (χ1) is 6.36. The van der Waals surface area contributed by atoms with E-state index in [0.29, 0.717) is 5.92 Å². The molecule has 1 fully saturated rings. The van der Waals surface area contributed by atoms with Crippen molar-refractivity contribution in [3.05, 3.63) is 0 Å². The van der Waals surface area contributed by atoms with Crippen LogP contribution in [0.15, 0.2) is 0 Å². The van der Waals surface area contributed by atoms with Crippen molar-refractivity contribution in [1.82, 2.24) is 0 Å². The Kier molecular flexibility index (Phi) is 6.05. The van der Waals surface area contributed by atoms with E-state index < -0.39 is 0 Å². The highest BCUT2D eigenvalue weighted by molar-refractivity contribution is 9.09. The Labute approximate surface area is 90.4 Å². The summed E-state index contributed by atoms with van der Waals surface area (Å²) in [6, 6.07) is 0. The molecule has 0 amide bonds. The molecule has 1 nitrogen and oxygen atoms in total. The van der Waals surface area contributed by atoms with Crippen LogP contribution in [0.2, 0.25) is 0 Å². The third-order valence-corrected chi connectivity index (χ3v) is 3.96. The summed E-state index contributed by atoms with van der Waals surface area (Å²) in [5.74, 6) is 1.70. The van der Waals surface area contributed by atoms with Gasteiger partial charge in [-0.15, -0.1) is 0 Å².